The molecule has 1 atom stereocenters. The number of benzene rings is 2. The average molecular weight is 518 g/mol. The number of aromatic amines is 1. The molecule has 0 unspecified atom stereocenters. The molecule has 38 heavy (non-hydrogen) atoms. The number of aromatic nitrogens is 5. The molecule has 0 bridgehead atoms. The van der Waals surface area contributed by atoms with Crippen molar-refractivity contribution in [3.63, 3.8) is 0 Å². The largest absolute Gasteiger partial charge is 0.508 e. The van der Waals surface area contributed by atoms with Gasteiger partial charge in [-0.3, -0.25) is 9.69 Å². The Labute approximate surface area is 219 Å². The topological polar surface area (TPSA) is 122 Å². The van der Waals surface area contributed by atoms with Gasteiger partial charge in [-0.1, -0.05) is 6.92 Å². The Morgan fingerprint density at radius 1 is 1.05 bits per heavy atom. The maximum absolute atomic E-state index is 13.6. The average Bonchev–Trinajstić information content (AvgIpc) is 3.59. The highest BCUT2D eigenvalue weighted by Gasteiger charge is 2.36. The van der Waals surface area contributed by atoms with E-state index in [1.54, 1.807) is 18.2 Å². The number of H-pyrrole nitrogens is 1. The number of aromatic hydroxyl groups is 1. The lowest BCUT2D eigenvalue weighted by Crippen LogP contribution is -2.49. The van der Waals surface area contributed by atoms with E-state index in [-0.39, 0.29) is 23.6 Å². The Bertz CT molecular complexity index is 1520. The highest BCUT2D eigenvalue weighted by Crippen LogP contribution is 2.37. The zero-order chi connectivity index (χ0) is 26.4. The smallest absolute Gasteiger partial charge is 0.253 e. The number of phenolic OH excluding ortho intramolecular Hbond substituents is 1. The van der Waals surface area contributed by atoms with Crippen LogP contribution in [0.1, 0.15) is 44.6 Å². The van der Waals surface area contributed by atoms with E-state index >= 15 is 0 Å². The van der Waals surface area contributed by atoms with Crippen LogP contribution >= 0.6 is 0 Å². The van der Waals surface area contributed by atoms with E-state index in [1.165, 1.54) is 0 Å². The molecule has 4 aromatic rings. The van der Waals surface area contributed by atoms with Crippen molar-refractivity contribution >= 4 is 16.6 Å². The molecule has 11 nitrogen and oxygen atoms in total. The summed E-state index contributed by atoms with van der Waals surface area (Å²) in [5.41, 5.74) is 1.80. The van der Waals surface area contributed by atoms with Crippen LogP contribution in [-0.2, 0) is 5.54 Å². The molecule has 11 heteroatoms. The Morgan fingerprint density at radius 3 is 2.47 bits per heavy atom. The summed E-state index contributed by atoms with van der Waals surface area (Å²) in [5, 5.41) is 23.4. The van der Waals surface area contributed by atoms with Crippen molar-refractivity contribution in [1.29, 1.82) is 0 Å². The van der Waals surface area contributed by atoms with Crippen LogP contribution in [0.3, 0.4) is 0 Å². The maximum Gasteiger partial charge on any atom is 0.253 e. The quantitative estimate of drug-likeness (QED) is 0.397. The minimum atomic E-state index is -0.448. The lowest BCUT2D eigenvalue weighted by Gasteiger charge is -2.40. The number of ether oxygens (including phenoxy) is 2. The molecule has 0 amide bonds. The number of hydrogen-bond acceptors (Lipinski definition) is 9. The molecule has 0 saturated carbocycles. The number of hydrogen-bond donors (Lipinski definition) is 2. The second kappa shape index (κ2) is 9.32. The van der Waals surface area contributed by atoms with Crippen LogP contribution in [0.4, 0.5) is 5.69 Å². The van der Waals surface area contributed by atoms with Crippen LogP contribution in [0.15, 0.2) is 47.3 Å². The summed E-state index contributed by atoms with van der Waals surface area (Å²) in [6.07, 6.45) is 0.823. The van der Waals surface area contributed by atoms with Gasteiger partial charge in [-0.05, 0) is 67.1 Å². The van der Waals surface area contributed by atoms with Crippen LogP contribution in [-0.4, -0.2) is 68.2 Å². The van der Waals surface area contributed by atoms with Gasteiger partial charge in [0.25, 0.3) is 5.56 Å². The standard InChI is InChI=1S/C27H31N7O4/c1-4-27(2,3)34-25(29-30-31-34)24(33-11-9-32(10-12-33)18-5-7-19(35)8-6-18)20-13-17-14-22-23(38-16-37-22)15-21(17)28-26(20)36/h5-8,13-15,24,35H,4,9-12,16H2,1-3H3,(H,28,36)/t24-/m0/s1. The molecular formula is C27H31N7O4. The number of fused-ring (bicyclic) bond motifs is 2. The predicted octanol–water partition coefficient (Wildman–Crippen LogP) is 3.01. The normalized spacial score (nSPS) is 16.8. The zero-order valence-corrected chi connectivity index (χ0v) is 21.7. The van der Waals surface area contributed by atoms with E-state index in [9.17, 15) is 9.90 Å². The second-order valence-electron chi connectivity index (χ2n) is 10.4. The molecular weight excluding hydrogens is 486 g/mol. The molecule has 6 rings (SSSR count). The molecule has 2 aliphatic rings. The minimum absolute atomic E-state index is 0.164. The van der Waals surface area contributed by atoms with Gasteiger partial charge < -0.3 is 24.5 Å². The molecule has 1 saturated heterocycles. The van der Waals surface area contributed by atoms with E-state index in [4.69, 9.17) is 9.47 Å². The van der Waals surface area contributed by atoms with E-state index < -0.39 is 6.04 Å². The first-order valence-electron chi connectivity index (χ1n) is 12.9. The van der Waals surface area contributed by atoms with Gasteiger partial charge in [-0.15, -0.1) is 5.10 Å². The molecule has 2 aromatic heterocycles. The van der Waals surface area contributed by atoms with Crippen molar-refractivity contribution in [1.82, 2.24) is 30.1 Å². The monoisotopic (exact) mass is 517 g/mol. The van der Waals surface area contributed by atoms with E-state index in [0.29, 0.717) is 41.5 Å². The fourth-order valence-corrected chi connectivity index (χ4v) is 5.16. The van der Waals surface area contributed by atoms with Crippen molar-refractivity contribution in [2.45, 2.75) is 38.8 Å². The van der Waals surface area contributed by atoms with Crippen molar-refractivity contribution in [3.05, 3.63) is 64.2 Å². The van der Waals surface area contributed by atoms with Gasteiger partial charge in [0.2, 0.25) is 6.79 Å². The lowest BCUT2D eigenvalue weighted by atomic mass is 9.98. The SMILES string of the molecule is CCC(C)(C)n1nnnc1[C@H](c1cc2cc3c(cc2[nH]c1=O)OCO3)N1CCN(c2ccc(O)cc2)CC1. The molecule has 1 fully saturated rings. The van der Waals surface area contributed by atoms with Gasteiger partial charge in [0.15, 0.2) is 17.3 Å². The number of piperazine rings is 1. The van der Waals surface area contributed by atoms with Gasteiger partial charge >= 0.3 is 0 Å². The van der Waals surface area contributed by atoms with Crippen LogP contribution < -0.4 is 19.9 Å². The maximum atomic E-state index is 13.6. The van der Waals surface area contributed by atoms with Crippen LogP contribution in [0.5, 0.6) is 17.2 Å². The molecule has 4 heterocycles. The predicted molar refractivity (Wildman–Crippen MR) is 142 cm³/mol. The number of tetrazole rings is 1. The number of phenols is 1. The Balaban J connectivity index is 1.41. The Hall–Kier alpha value is -4.12. The number of nitrogens with one attached hydrogen (secondary N) is 1. The van der Waals surface area contributed by atoms with E-state index in [0.717, 1.165) is 30.6 Å². The fraction of sp³-hybridized carbons (Fsp3) is 0.407. The van der Waals surface area contributed by atoms with Gasteiger partial charge in [-0.2, -0.15) is 0 Å². The summed E-state index contributed by atoms with van der Waals surface area (Å²) in [7, 11) is 0. The van der Waals surface area contributed by atoms with Crippen molar-refractivity contribution in [2.24, 2.45) is 0 Å². The second-order valence-corrected chi connectivity index (χ2v) is 10.4. The van der Waals surface area contributed by atoms with Gasteiger partial charge in [0.05, 0.1) is 11.1 Å². The van der Waals surface area contributed by atoms with Crippen molar-refractivity contribution in [2.75, 3.05) is 37.9 Å². The lowest BCUT2D eigenvalue weighted by molar-refractivity contribution is 0.174. The molecule has 0 spiro atoms. The number of nitrogens with zero attached hydrogens (tertiary/aromatic N) is 6. The Morgan fingerprint density at radius 2 is 1.76 bits per heavy atom. The highest BCUT2D eigenvalue weighted by atomic mass is 16.7. The molecule has 0 radical (unpaired) electrons. The third-order valence-electron chi connectivity index (χ3n) is 7.73. The summed E-state index contributed by atoms with van der Waals surface area (Å²) in [6.45, 7) is 9.36. The van der Waals surface area contributed by atoms with Gasteiger partial charge in [-0.25, -0.2) is 4.68 Å². The van der Waals surface area contributed by atoms with Gasteiger partial charge in [0.1, 0.15) is 11.8 Å². The van der Waals surface area contributed by atoms with Gasteiger partial charge in [0, 0.05) is 48.9 Å². The molecule has 2 aliphatic heterocycles. The van der Waals surface area contributed by atoms with Crippen LogP contribution in [0.2, 0.25) is 0 Å². The Kier molecular flexibility index (Phi) is 5.94. The number of anilines is 1. The third kappa shape index (κ3) is 4.22. The number of rotatable bonds is 6. The summed E-state index contributed by atoms with van der Waals surface area (Å²) >= 11 is 0. The first-order valence-corrected chi connectivity index (χ1v) is 12.9. The van der Waals surface area contributed by atoms with Crippen molar-refractivity contribution in [3.8, 4) is 17.2 Å². The zero-order valence-electron chi connectivity index (χ0n) is 21.7. The van der Waals surface area contributed by atoms with Crippen LogP contribution in [0.25, 0.3) is 10.9 Å². The van der Waals surface area contributed by atoms with E-state index in [1.807, 2.05) is 28.9 Å². The summed E-state index contributed by atoms with van der Waals surface area (Å²) in [6, 6.07) is 12.4. The third-order valence-corrected chi connectivity index (χ3v) is 7.73. The first kappa shape index (κ1) is 24.2. The van der Waals surface area contributed by atoms with Crippen molar-refractivity contribution < 1.29 is 14.6 Å². The van der Waals surface area contributed by atoms with Crippen LogP contribution in [0, 0.1) is 0 Å². The fourth-order valence-electron chi connectivity index (χ4n) is 5.16. The summed E-state index contributed by atoms with van der Waals surface area (Å²) in [5.74, 6) is 2.17. The summed E-state index contributed by atoms with van der Waals surface area (Å²) in [4.78, 5) is 21.2. The molecule has 198 valence electrons. The molecule has 2 aromatic carbocycles. The minimum Gasteiger partial charge on any atom is -0.508 e. The molecule has 0 aliphatic carbocycles. The first-order chi connectivity index (χ1) is 18.3. The molecule has 2 N–H and O–H groups in total. The van der Waals surface area contributed by atoms with E-state index in [2.05, 4.69) is 51.1 Å². The summed E-state index contributed by atoms with van der Waals surface area (Å²) < 4.78 is 12.9. The number of pyridine rings is 1. The highest BCUT2D eigenvalue weighted by molar-refractivity contribution is 5.83.